The number of benzene rings is 1. The molecule has 0 aliphatic carbocycles. The van der Waals surface area contributed by atoms with E-state index < -0.39 is 0 Å². The van der Waals surface area contributed by atoms with E-state index in [0.717, 1.165) is 34.4 Å². The van der Waals surface area contributed by atoms with Crippen molar-refractivity contribution in [2.75, 3.05) is 18.5 Å². The van der Waals surface area contributed by atoms with Gasteiger partial charge in [-0.05, 0) is 39.8 Å². The fourth-order valence-electron chi connectivity index (χ4n) is 3.62. The lowest BCUT2D eigenvalue weighted by Gasteiger charge is -2.31. The van der Waals surface area contributed by atoms with Gasteiger partial charge >= 0.3 is 6.03 Å². The molecular formula is C19H23N5O. The monoisotopic (exact) mass is 337 g/mol. The van der Waals surface area contributed by atoms with E-state index in [1.54, 1.807) is 11.9 Å². The second kappa shape index (κ2) is 5.37. The highest BCUT2D eigenvalue weighted by atomic mass is 16.2. The summed E-state index contributed by atoms with van der Waals surface area (Å²) in [6.45, 7) is 9.60. The molecule has 6 heteroatoms. The summed E-state index contributed by atoms with van der Waals surface area (Å²) in [6, 6.07) is 8.45. The topological polar surface area (TPSA) is 45.8 Å². The highest BCUT2D eigenvalue weighted by Gasteiger charge is 2.33. The zero-order valence-electron chi connectivity index (χ0n) is 15.4. The molecule has 3 aromatic rings. The normalized spacial score (nSPS) is 14.5. The summed E-state index contributed by atoms with van der Waals surface area (Å²) in [7, 11) is 1.80. The predicted molar refractivity (Wildman–Crippen MR) is 98.6 cm³/mol. The van der Waals surface area contributed by atoms with Crippen LogP contribution in [0.3, 0.4) is 0 Å². The van der Waals surface area contributed by atoms with E-state index >= 15 is 0 Å². The third-order valence-corrected chi connectivity index (χ3v) is 5.22. The van der Waals surface area contributed by atoms with Crippen LogP contribution in [0, 0.1) is 20.8 Å². The molecule has 1 aromatic carbocycles. The Hall–Kier alpha value is -2.76. The SMILES string of the molecule is CCN1Cc2c(nc3n(-c4ccc(C)cc4)c(C)c(C)n23)N(C)C1=O. The minimum atomic E-state index is 0.00649. The van der Waals surface area contributed by atoms with Crippen molar-refractivity contribution in [3.8, 4) is 5.69 Å². The number of carbonyl (C=O) groups is 1. The van der Waals surface area contributed by atoms with Gasteiger partial charge in [0.05, 0.1) is 12.2 Å². The van der Waals surface area contributed by atoms with Gasteiger partial charge in [0, 0.05) is 30.7 Å². The van der Waals surface area contributed by atoms with Gasteiger partial charge in [-0.25, -0.2) is 4.79 Å². The molecule has 2 amide bonds. The quantitative estimate of drug-likeness (QED) is 0.719. The van der Waals surface area contributed by atoms with Crippen LogP contribution in [0.1, 0.15) is 29.6 Å². The summed E-state index contributed by atoms with van der Waals surface area (Å²) in [5, 5.41) is 0. The van der Waals surface area contributed by atoms with Crippen LogP contribution in [0.5, 0.6) is 0 Å². The summed E-state index contributed by atoms with van der Waals surface area (Å²) in [4.78, 5) is 20.8. The zero-order chi connectivity index (χ0) is 17.9. The Bertz CT molecular complexity index is 980. The van der Waals surface area contributed by atoms with Crippen molar-refractivity contribution >= 4 is 17.6 Å². The average molecular weight is 337 g/mol. The van der Waals surface area contributed by atoms with Crippen LogP contribution in [0.15, 0.2) is 24.3 Å². The van der Waals surface area contributed by atoms with Crippen LogP contribution in [0.2, 0.25) is 0 Å². The van der Waals surface area contributed by atoms with Gasteiger partial charge < -0.3 is 4.90 Å². The molecule has 0 saturated carbocycles. The Labute approximate surface area is 147 Å². The molecule has 2 aromatic heterocycles. The lowest BCUT2D eigenvalue weighted by molar-refractivity contribution is 0.202. The Morgan fingerprint density at radius 1 is 1.08 bits per heavy atom. The molecule has 1 aliphatic heterocycles. The van der Waals surface area contributed by atoms with Gasteiger partial charge in [-0.3, -0.25) is 13.9 Å². The lowest BCUT2D eigenvalue weighted by atomic mass is 10.2. The van der Waals surface area contributed by atoms with E-state index in [-0.39, 0.29) is 6.03 Å². The molecule has 130 valence electrons. The Morgan fingerprint density at radius 2 is 1.76 bits per heavy atom. The molecule has 1 aliphatic rings. The fraction of sp³-hybridized carbons (Fsp3) is 0.368. The average Bonchev–Trinajstić information content (AvgIpc) is 3.08. The number of imidazole rings is 2. The number of carbonyl (C=O) groups excluding carboxylic acids is 1. The van der Waals surface area contributed by atoms with Crippen molar-refractivity contribution in [2.24, 2.45) is 0 Å². The molecular weight excluding hydrogens is 314 g/mol. The number of rotatable bonds is 2. The smallest absolute Gasteiger partial charge is 0.319 e. The molecule has 0 bridgehead atoms. The Kier molecular flexibility index (Phi) is 3.39. The molecule has 0 atom stereocenters. The Balaban J connectivity index is 1.99. The predicted octanol–water partition coefficient (Wildman–Crippen LogP) is 3.44. The van der Waals surface area contributed by atoms with Gasteiger partial charge in [0.15, 0.2) is 5.82 Å². The molecule has 0 spiro atoms. The molecule has 0 unspecified atom stereocenters. The van der Waals surface area contributed by atoms with Gasteiger partial charge in [0.1, 0.15) is 0 Å². The number of aromatic nitrogens is 3. The van der Waals surface area contributed by atoms with Gasteiger partial charge in [0.2, 0.25) is 5.78 Å². The molecule has 3 heterocycles. The first-order chi connectivity index (χ1) is 11.9. The van der Waals surface area contributed by atoms with Gasteiger partial charge in [-0.1, -0.05) is 17.7 Å². The number of anilines is 1. The number of hydrogen-bond acceptors (Lipinski definition) is 2. The second-order valence-corrected chi connectivity index (χ2v) is 6.72. The molecule has 0 fully saturated rings. The number of fused-ring (bicyclic) bond motifs is 3. The summed E-state index contributed by atoms with van der Waals surface area (Å²) in [5.74, 6) is 1.62. The standard InChI is InChI=1S/C19H23N5O/c1-6-22-11-16-17(21(5)19(22)25)20-18-23(13(3)14(4)24(16)18)15-9-7-12(2)8-10-15/h7-10H,6,11H2,1-5H3. The molecule has 0 N–H and O–H groups in total. The highest BCUT2D eigenvalue weighted by molar-refractivity contribution is 5.93. The second-order valence-electron chi connectivity index (χ2n) is 6.72. The van der Waals surface area contributed by atoms with Crippen LogP contribution in [-0.2, 0) is 6.54 Å². The third kappa shape index (κ3) is 2.10. The van der Waals surface area contributed by atoms with Gasteiger partial charge in [0.25, 0.3) is 0 Å². The van der Waals surface area contributed by atoms with Crippen LogP contribution in [0.4, 0.5) is 10.6 Å². The van der Waals surface area contributed by atoms with E-state index in [1.165, 1.54) is 5.56 Å². The van der Waals surface area contributed by atoms with Crippen molar-refractivity contribution in [3.05, 3.63) is 46.9 Å². The summed E-state index contributed by atoms with van der Waals surface area (Å²) in [6.07, 6.45) is 0. The lowest BCUT2D eigenvalue weighted by Crippen LogP contribution is -2.45. The summed E-state index contributed by atoms with van der Waals surface area (Å²) < 4.78 is 4.36. The molecule has 0 saturated heterocycles. The third-order valence-electron chi connectivity index (χ3n) is 5.22. The van der Waals surface area contributed by atoms with E-state index in [2.05, 4.69) is 54.0 Å². The van der Waals surface area contributed by atoms with Crippen LogP contribution in [0.25, 0.3) is 11.5 Å². The maximum atomic E-state index is 12.5. The first-order valence-electron chi connectivity index (χ1n) is 8.63. The summed E-state index contributed by atoms with van der Waals surface area (Å²) >= 11 is 0. The molecule has 25 heavy (non-hydrogen) atoms. The van der Waals surface area contributed by atoms with Crippen molar-refractivity contribution in [1.29, 1.82) is 0 Å². The minimum absolute atomic E-state index is 0.00649. The van der Waals surface area contributed by atoms with Crippen molar-refractivity contribution in [3.63, 3.8) is 0 Å². The number of aryl methyl sites for hydroxylation is 2. The number of nitrogens with zero attached hydrogens (tertiary/aromatic N) is 5. The maximum absolute atomic E-state index is 12.5. The Morgan fingerprint density at radius 3 is 2.40 bits per heavy atom. The molecule has 6 nitrogen and oxygen atoms in total. The van der Waals surface area contributed by atoms with E-state index in [4.69, 9.17) is 4.98 Å². The first-order valence-corrected chi connectivity index (χ1v) is 8.63. The molecule has 4 rings (SSSR count). The summed E-state index contributed by atoms with van der Waals surface area (Å²) in [5.41, 5.74) is 5.71. The first kappa shape index (κ1) is 15.7. The van der Waals surface area contributed by atoms with E-state index in [9.17, 15) is 4.79 Å². The van der Waals surface area contributed by atoms with Crippen molar-refractivity contribution < 1.29 is 4.79 Å². The van der Waals surface area contributed by atoms with Crippen molar-refractivity contribution in [2.45, 2.75) is 34.2 Å². The van der Waals surface area contributed by atoms with Crippen LogP contribution < -0.4 is 4.90 Å². The maximum Gasteiger partial charge on any atom is 0.325 e. The molecule has 0 radical (unpaired) electrons. The minimum Gasteiger partial charge on any atom is -0.319 e. The van der Waals surface area contributed by atoms with E-state index in [1.807, 2.05) is 11.8 Å². The van der Waals surface area contributed by atoms with Crippen LogP contribution in [-0.4, -0.2) is 38.5 Å². The van der Waals surface area contributed by atoms with Crippen molar-refractivity contribution in [1.82, 2.24) is 18.9 Å². The number of urea groups is 1. The number of hydrogen-bond donors (Lipinski definition) is 0. The van der Waals surface area contributed by atoms with E-state index in [0.29, 0.717) is 13.1 Å². The largest absolute Gasteiger partial charge is 0.325 e. The van der Waals surface area contributed by atoms with Crippen LogP contribution >= 0.6 is 0 Å². The zero-order valence-corrected chi connectivity index (χ0v) is 15.4. The highest BCUT2D eigenvalue weighted by Crippen LogP contribution is 2.32. The van der Waals surface area contributed by atoms with Gasteiger partial charge in [-0.2, -0.15) is 4.98 Å². The fourth-order valence-corrected chi connectivity index (χ4v) is 3.62. The number of amides is 2. The van der Waals surface area contributed by atoms with Gasteiger partial charge in [-0.15, -0.1) is 0 Å².